The second kappa shape index (κ2) is 2.23. The minimum atomic E-state index is -0.624. The lowest BCUT2D eigenvalue weighted by Gasteiger charge is -2.43. The maximum absolute atomic E-state index is 12.3. The third kappa shape index (κ3) is 1.07. The van der Waals surface area contributed by atoms with Crippen molar-refractivity contribution in [1.29, 1.82) is 0 Å². The Kier molecular flexibility index (Phi) is 1.73. The van der Waals surface area contributed by atoms with Crippen LogP contribution in [0.4, 0.5) is 4.39 Å². The lowest BCUT2D eigenvalue weighted by Crippen LogP contribution is -2.58. The number of hydrazine groups is 1. The van der Waals surface area contributed by atoms with Crippen LogP contribution in [0.25, 0.3) is 0 Å². The van der Waals surface area contributed by atoms with Crippen molar-refractivity contribution in [2.45, 2.75) is 37.9 Å². The first-order chi connectivity index (χ1) is 4.22. The second-order valence-electron chi connectivity index (χ2n) is 2.78. The highest BCUT2D eigenvalue weighted by atomic mass is 19.1. The lowest BCUT2D eigenvalue weighted by molar-refractivity contribution is 0.0641. The monoisotopic (exact) mass is 132 g/mol. The first-order valence-corrected chi connectivity index (χ1v) is 3.34. The molecule has 0 aromatic carbocycles. The Morgan fingerprint density at radius 2 is 2.33 bits per heavy atom. The van der Waals surface area contributed by atoms with E-state index in [1.54, 1.807) is 0 Å². The molecule has 0 saturated heterocycles. The van der Waals surface area contributed by atoms with Crippen LogP contribution in [0.3, 0.4) is 0 Å². The molecular formula is C6H13FN2. The zero-order chi connectivity index (χ0) is 6.91. The van der Waals surface area contributed by atoms with Gasteiger partial charge in [0.15, 0.2) is 0 Å². The van der Waals surface area contributed by atoms with Gasteiger partial charge in [-0.15, -0.1) is 0 Å². The molecule has 1 saturated carbocycles. The molecule has 0 atom stereocenters. The van der Waals surface area contributed by atoms with Gasteiger partial charge in [-0.1, -0.05) is 6.92 Å². The van der Waals surface area contributed by atoms with E-state index in [0.717, 1.165) is 6.42 Å². The van der Waals surface area contributed by atoms with E-state index in [4.69, 9.17) is 5.84 Å². The topological polar surface area (TPSA) is 38.0 Å². The first-order valence-electron chi connectivity index (χ1n) is 3.34. The van der Waals surface area contributed by atoms with Gasteiger partial charge in [0.25, 0.3) is 0 Å². The quantitative estimate of drug-likeness (QED) is 0.429. The van der Waals surface area contributed by atoms with Gasteiger partial charge in [0.1, 0.15) is 6.17 Å². The molecule has 54 valence electrons. The number of alkyl halides is 1. The van der Waals surface area contributed by atoms with Gasteiger partial charge in [0.2, 0.25) is 0 Å². The molecule has 3 N–H and O–H groups in total. The van der Waals surface area contributed by atoms with Crippen LogP contribution in [0.1, 0.15) is 26.2 Å². The molecule has 0 bridgehead atoms. The molecule has 3 heteroatoms. The number of nitrogens with two attached hydrogens (primary N) is 1. The van der Waals surface area contributed by atoms with Crippen molar-refractivity contribution in [3.05, 3.63) is 0 Å². The Hall–Kier alpha value is -0.150. The fourth-order valence-electron chi connectivity index (χ4n) is 1.30. The first kappa shape index (κ1) is 6.96. The van der Waals surface area contributed by atoms with Gasteiger partial charge in [-0.05, 0) is 19.3 Å². The zero-order valence-electron chi connectivity index (χ0n) is 5.65. The Balaban J connectivity index is 2.36. The molecule has 1 aliphatic carbocycles. The largest absolute Gasteiger partial charge is 0.271 e. The predicted molar refractivity (Wildman–Crippen MR) is 34.5 cm³/mol. The van der Waals surface area contributed by atoms with E-state index in [-0.39, 0.29) is 5.54 Å². The summed E-state index contributed by atoms with van der Waals surface area (Å²) in [5, 5.41) is 0. The summed E-state index contributed by atoms with van der Waals surface area (Å²) >= 11 is 0. The van der Waals surface area contributed by atoms with Gasteiger partial charge >= 0.3 is 0 Å². The Morgan fingerprint density at radius 3 is 2.44 bits per heavy atom. The molecule has 0 spiro atoms. The number of hydrogen-bond acceptors (Lipinski definition) is 2. The van der Waals surface area contributed by atoms with Crippen molar-refractivity contribution >= 4 is 0 Å². The number of halogens is 1. The van der Waals surface area contributed by atoms with Crippen LogP contribution in [-0.4, -0.2) is 11.7 Å². The molecule has 0 unspecified atom stereocenters. The molecular weight excluding hydrogens is 119 g/mol. The smallest absolute Gasteiger partial charge is 0.104 e. The molecule has 1 rings (SSSR count). The number of hydrogen-bond donors (Lipinski definition) is 2. The van der Waals surface area contributed by atoms with Crippen LogP contribution in [0.15, 0.2) is 0 Å². The third-order valence-electron chi connectivity index (χ3n) is 2.21. The van der Waals surface area contributed by atoms with E-state index in [1.165, 1.54) is 0 Å². The summed E-state index contributed by atoms with van der Waals surface area (Å²) in [6.07, 6.45) is 1.46. The predicted octanol–water partition coefficient (Wildman–Crippen LogP) is 0.730. The van der Waals surface area contributed by atoms with Crippen molar-refractivity contribution in [2.24, 2.45) is 5.84 Å². The molecule has 0 amide bonds. The van der Waals surface area contributed by atoms with Crippen LogP contribution in [0.2, 0.25) is 0 Å². The van der Waals surface area contributed by atoms with Crippen molar-refractivity contribution in [3.63, 3.8) is 0 Å². The van der Waals surface area contributed by atoms with Gasteiger partial charge in [-0.3, -0.25) is 11.3 Å². The molecule has 1 fully saturated rings. The summed E-state index contributed by atoms with van der Waals surface area (Å²) in [4.78, 5) is 0. The highest BCUT2D eigenvalue weighted by Crippen LogP contribution is 2.36. The van der Waals surface area contributed by atoms with Crippen LogP contribution in [0, 0.1) is 0 Å². The SMILES string of the molecule is CCC1(NN)CC(F)C1. The van der Waals surface area contributed by atoms with Crippen molar-refractivity contribution in [3.8, 4) is 0 Å². The van der Waals surface area contributed by atoms with E-state index < -0.39 is 6.17 Å². The van der Waals surface area contributed by atoms with Crippen molar-refractivity contribution < 1.29 is 4.39 Å². The summed E-state index contributed by atoms with van der Waals surface area (Å²) in [6, 6.07) is 0. The van der Waals surface area contributed by atoms with Crippen LogP contribution < -0.4 is 11.3 Å². The fraction of sp³-hybridized carbons (Fsp3) is 1.00. The van der Waals surface area contributed by atoms with E-state index in [0.29, 0.717) is 12.8 Å². The number of nitrogens with one attached hydrogen (secondary N) is 1. The van der Waals surface area contributed by atoms with E-state index in [1.807, 2.05) is 6.92 Å². The number of rotatable bonds is 2. The summed E-state index contributed by atoms with van der Waals surface area (Å²) in [5.41, 5.74) is 2.58. The van der Waals surface area contributed by atoms with Gasteiger partial charge in [-0.25, -0.2) is 4.39 Å². The summed E-state index contributed by atoms with van der Waals surface area (Å²) in [7, 11) is 0. The Labute approximate surface area is 54.6 Å². The average molecular weight is 132 g/mol. The molecule has 9 heavy (non-hydrogen) atoms. The Morgan fingerprint density at radius 1 is 1.78 bits per heavy atom. The van der Waals surface area contributed by atoms with E-state index in [9.17, 15) is 4.39 Å². The summed E-state index contributed by atoms with van der Waals surface area (Å²) in [6.45, 7) is 2.02. The standard InChI is InChI=1S/C6H13FN2/c1-2-6(9-8)3-5(7)4-6/h5,9H,2-4,8H2,1H3. The van der Waals surface area contributed by atoms with E-state index >= 15 is 0 Å². The summed E-state index contributed by atoms with van der Waals surface area (Å²) in [5.74, 6) is 5.22. The Bertz CT molecular complexity index is 93.2. The molecule has 0 radical (unpaired) electrons. The molecule has 0 heterocycles. The summed E-state index contributed by atoms with van der Waals surface area (Å²) < 4.78 is 12.3. The van der Waals surface area contributed by atoms with E-state index in [2.05, 4.69) is 5.43 Å². The van der Waals surface area contributed by atoms with Crippen molar-refractivity contribution in [2.75, 3.05) is 0 Å². The maximum atomic E-state index is 12.3. The van der Waals surface area contributed by atoms with Gasteiger partial charge < -0.3 is 0 Å². The average Bonchev–Trinajstić information content (AvgIpc) is 1.81. The molecule has 0 aliphatic heterocycles. The molecule has 0 aromatic heterocycles. The molecule has 2 nitrogen and oxygen atoms in total. The highest BCUT2D eigenvalue weighted by molar-refractivity contribution is 4.98. The molecule has 1 aliphatic rings. The maximum Gasteiger partial charge on any atom is 0.104 e. The minimum Gasteiger partial charge on any atom is -0.271 e. The highest BCUT2D eigenvalue weighted by Gasteiger charge is 2.42. The lowest BCUT2D eigenvalue weighted by atomic mass is 9.74. The van der Waals surface area contributed by atoms with Crippen molar-refractivity contribution in [1.82, 2.24) is 5.43 Å². The van der Waals surface area contributed by atoms with Gasteiger partial charge in [0.05, 0.1) is 0 Å². The van der Waals surface area contributed by atoms with Crippen LogP contribution >= 0.6 is 0 Å². The fourth-order valence-corrected chi connectivity index (χ4v) is 1.30. The second-order valence-corrected chi connectivity index (χ2v) is 2.78. The van der Waals surface area contributed by atoms with Gasteiger partial charge in [-0.2, -0.15) is 0 Å². The van der Waals surface area contributed by atoms with Crippen LogP contribution in [-0.2, 0) is 0 Å². The minimum absolute atomic E-state index is 0.0700. The normalized spacial score (nSPS) is 42.3. The molecule has 0 aromatic rings. The zero-order valence-corrected chi connectivity index (χ0v) is 5.65. The van der Waals surface area contributed by atoms with Crippen LogP contribution in [0.5, 0.6) is 0 Å². The van der Waals surface area contributed by atoms with Gasteiger partial charge in [0, 0.05) is 5.54 Å². The third-order valence-corrected chi connectivity index (χ3v) is 2.21.